The molecule has 0 amide bonds. The molecule has 3 aromatic heterocycles. The fourth-order valence-corrected chi connectivity index (χ4v) is 3.33. The normalized spacial score (nSPS) is 11.7. The van der Waals surface area contributed by atoms with Crippen LogP contribution < -0.4 is 15.4 Å². The highest BCUT2D eigenvalue weighted by molar-refractivity contribution is 7.15. The number of hydrogen-bond donors (Lipinski definition) is 1. The average molecular weight is 379 g/mol. The number of fused-ring (bicyclic) bond motifs is 1. The maximum Gasteiger partial charge on any atom is 0.339 e. The maximum atomic E-state index is 12.6. The number of carbonyl (C=O) groups is 1. The van der Waals surface area contributed by atoms with Crippen molar-refractivity contribution in [1.82, 2.24) is 19.6 Å². The van der Waals surface area contributed by atoms with Crippen LogP contribution in [-0.2, 0) is 4.74 Å². The predicted molar refractivity (Wildman–Crippen MR) is 101 cm³/mol. The molecule has 0 unspecified atom stereocenters. The number of nitrogens with one attached hydrogen (secondary N) is 1. The molecule has 0 bridgehead atoms. The Bertz CT molecular complexity index is 1230. The van der Waals surface area contributed by atoms with Gasteiger partial charge in [-0.1, -0.05) is 23.5 Å². The number of thiazole rings is 1. The van der Waals surface area contributed by atoms with Crippen LogP contribution in [0.3, 0.4) is 0 Å². The molecule has 1 aromatic carbocycles. The van der Waals surface area contributed by atoms with E-state index in [0.717, 1.165) is 5.56 Å². The highest BCUT2D eigenvalue weighted by atomic mass is 32.1. The minimum Gasteiger partial charge on any atom is -0.465 e. The Morgan fingerprint density at radius 1 is 1.22 bits per heavy atom. The van der Waals surface area contributed by atoms with Gasteiger partial charge in [-0.3, -0.25) is 9.78 Å². The standard InChI is InChI=1S/C18H13N5O3S/c1-26-17(25)12-4-2-3-5-13(12)20-10-14-16(24)23-18(27-14)21-15(22-23)11-6-8-19-9-7-11/h2-10,20H,1H3/b14-10-. The van der Waals surface area contributed by atoms with E-state index in [4.69, 9.17) is 4.74 Å². The summed E-state index contributed by atoms with van der Waals surface area (Å²) in [6.45, 7) is 0. The van der Waals surface area contributed by atoms with E-state index in [0.29, 0.717) is 26.6 Å². The van der Waals surface area contributed by atoms with Crippen LogP contribution in [0.15, 0.2) is 53.6 Å². The molecule has 0 fully saturated rings. The number of esters is 1. The molecule has 4 aromatic rings. The molecule has 0 aliphatic carbocycles. The molecular formula is C18H13N5O3S. The van der Waals surface area contributed by atoms with Crippen molar-refractivity contribution in [3.63, 3.8) is 0 Å². The Labute approximate surface area is 156 Å². The third kappa shape index (κ3) is 3.15. The number of pyridine rings is 1. The van der Waals surface area contributed by atoms with Crippen molar-refractivity contribution >= 4 is 34.2 Å². The lowest BCUT2D eigenvalue weighted by atomic mass is 10.2. The van der Waals surface area contributed by atoms with Crippen LogP contribution >= 0.6 is 11.3 Å². The number of benzene rings is 1. The van der Waals surface area contributed by atoms with Crippen LogP contribution in [0.5, 0.6) is 0 Å². The van der Waals surface area contributed by atoms with E-state index >= 15 is 0 Å². The first-order chi connectivity index (χ1) is 13.2. The highest BCUT2D eigenvalue weighted by Gasteiger charge is 2.13. The molecular weight excluding hydrogens is 366 g/mol. The lowest BCUT2D eigenvalue weighted by Gasteiger charge is -2.06. The highest BCUT2D eigenvalue weighted by Crippen LogP contribution is 2.17. The summed E-state index contributed by atoms with van der Waals surface area (Å²) in [4.78, 5) is 33.2. The molecule has 27 heavy (non-hydrogen) atoms. The molecule has 0 aliphatic heterocycles. The van der Waals surface area contributed by atoms with Gasteiger partial charge < -0.3 is 10.1 Å². The molecule has 0 aliphatic rings. The summed E-state index contributed by atoms with van der Waals surface area (Å²) in [5.41, 5.74) is 1.42. The summed E-state index contributed by atoms with van der Waals surface area (Å²) in [6, 6.07) is 10.4. The van der Waals surface area contributed by atoms with Crippen molar-refractivity contribution < 1.29 is 9.53 Å². The Morgan fingerprint density at radius 2 is 2.00 bits per heavy atom. The van der Waals surface area contributed by atoms with Crippen LogP contribution in [0.2, 0.25) is 0 Å². The van der Waals surface area contributed by atoms with Crippen molar-refractivity contribution in [2.24, 2.45) is 0 Å². The quantitative estimate of drug-likeness (QED) is 0.537. The number of nitrogens with zero attached hydrogens (tertiary/aromatic N) is 4. The van der Waals surface area contributed by atoms with E-state index in [2.05, 4.69) is 20.4 Å². The van der Waals surface area contributed by atoms with Crippen molar-refractivity contribution in [2.75, 3.05) is 12.4 Å². The fraction of sp³-hybridized carbons (Fsp3) is 0.0556. The first-order valence-corrected chi connectivity index (χ1v) is 8.73. The van der Waals surface area contributed by atoms with Gasteiger partial charge in [-0.05, 0) is 24.3 Å². The zero-order chi connectivity index (χ0) is 18.8. The molecule has 0 atom stereocenters. The van der Waals surface area contributed by atoms with E-state index in [1.165, 1.54) is 29.2 Å². The molecule has 134 valence electrons. The molecule has 0 saturated carbocycles. The second-order valence-electron chi connectivity index (χ2n) is 5.46. The van der Waals surface area contributed by atoms with E-state index in [9.17, 15) is 9.59 Å². The maximum absolute atomic E-state index is 12.6. The summed E-state index contributed by atoms with van der Waals surface area (Å²) >= 11 is 1.21. The van der Waals surface area contributed by atoms with Gasteiger partial charge in [0.15, 0.2) is 5.82 Å². The number of ether oxygens (including phenoxy) is 1. The van der Waals surface area contributed by atoms with Gasteiger partial charge in [-0.2, -0.15) is 9.50 Å². The smallest absolute Gasteiger partial charge is 0.339 e. The van der Waals surface area contributed by atoms with Crippen LogP contribution in [0.25, 0.3) is 22.5 Å². The summed E-state index contributed by atoms with van der Waals surface area (Å²) in [6.07, 6.45) is 4.83. The van der Waals surface area contributed by atoms with Gasteiger partial charge >= 0.3 is 5.97 Å². The molecule has 1 N–H and O–H groups in total. The Morgan fingerprint density at radius 3 is 2.74 bits per heavy atom. The lowest BCUT2D eigenvalue weighted by molar-refractivity contribution is 0.0602. The number of methoxy groups -OCH3 is 1. The third-order valence-electron chi connectivity index (χ3n) is 3.81. The van der Waals surface area contributed by atoms with E-state index in [-0.39, 0.29) is 5.56 Å². The first-order valence-electron chi connectivity index (χ1n) is 7.91. The molecule has 4 rings (SSSR count). The lowest BCUT2D eigenvalue weighted by Crippen LogP contribution is -2.24. The van der Waals surface area contributed by atoms with Crippen LogP contribution in [0.1, 0.15) is 10.4 Å². The van der Waals surface area contributed by atoms with Crippen LogP contribution in [0, 0.1) is 0 Å². The molecule has 0 saturated heterocycles. The zero-order valence-electron chi connectivity index (χ0n) is 14.1. The molecule has 0 radical (unpaired) electrons. The van der Waals surface area contributed by atoms with Gasteiger partial charge in [-0.15, -0.1) is 5.10 Å². The molecule has 9 heteroatoms. The van der Waals surface area contributed by atoms with Crippen molar-refractivity contribution in [2.45, 2.75) is 0 Å². The SMILES string of the molecule is COC(=O)c1ccccc1N/C=c1\sc2nc(-c3ccncc3)nn2c1=O. The monoisotopic (exact) mass is 379 g/mol. The summed E-state index contributed by atoms with van der Waals surface area (Å²) < 4.78 is 6.45. The number of anilines is 1. The van der Waals surface area contributed by atoms with Crippen molar-refractivity contribution in [3.8, 4) is 11.4 Å². The van der Waals surface area contributed by atoms with E-state index in [1.54, 1.807) is 48.8 Å². The second-order valence-corrected chi connectivity index (χ2v) is 6.47. The minimum atomic E-state index is -0.460. The number of hydrogen-bond acceptors (Lipinski definition) is 8. The predicted octanol–water partition coefficient (Wildman–Crippen LogP) is 1.57. The van der Waals surface area contributed by atoms with Gasteiger partial charge in [0.2, 0.25) is 4.96 Å². The van der Waals surface area contributed by atoms with Crippen LogP contribution in [0.4, 0.5) is 5.69 Å². The van der Waals surface area contributed by atoms with E-state index in [1.807, 2.05) is 0 Å². The third-order valence-corrected chi connectivity index (χ3v) is 4.77. The Balaban J connectivity index is 1.69. The topological polar surface area (TPSA) is 98.5 Å². The summed E-state index contributed by atoms with van der Waals surface area (Å²) in [7, 11) is 1.32. The number of para-hydroxylation sites is 1. The Kier molecular flexibility index (Phi) is 4.35. The number of aromatic nitrogens is 4. The second kappa shape index (κ2) is 6.96. The largest absolute Gasteiger partial charge is 0.465 e. The number of rotatable bonds is 4. The van der Waals surface area contributed by atoms with Gasteiger partial charge in [0, 0.05) is 24.2 Å². The summed E-state index contributed by atoms with van der Waals surface area (Å²) in [5, 5.41) is 7.26. The van der Waals surface area contributed by atoms with Gasteiger partial charge in [0.05, 0.1) is 18.4 Å². The first kappa shape index (κ1) is 16.9. The van der Waals surface area contributed by atoms with Crippen LogP contribution in [-0.4, -0.2) is 32.7 Å². The van der Waals surface area contributed by atoms with Gasteiger partial charge in [-0.25, -0.2) is 4.79 Å². The summed E-state index contributed by atoms with van der Waals surface area (Å²) in [5.74, 6) is 0.00906. The number of carbonyl (C=O) groups excluding carboxylic acids is 1. The Hall–Kier alpha value is -3.59. The molecule has 8 nitrogen and oxygen atoms in total. The fourth-order valence-electron chi connectivity index (χ4n) is 2.50. The average Bonchev–Trinajstić information content (AvgIpc) is 3.26. The van der Waals surface area contributed by atoms with E-state index < -0.39 is 5.97 Å². The van der Waals surface area contributed by atoms with Crippen molar-refractivity contribution in [1.29, 1.82) is 0 Å². The van der Waals surface area contributed by atoms with Gasteiger partial charge in [0.25, 0.3) is 5.56 Å². The minimum absolute atomic E-state index is 0.286. The van der Waals surface area contributed by atoms with Gasteiger partial charge in [0.1, 0.15) is 4.53 Å². The molecule has 3 heterocycles. The zero-order valence-corrected chi connectivity index (χ0v) is 14.9. The molecule has 0 spiro atoms. The van der Waals surface area contributed by atoms with Crippen molar-refractivity contribution in [3.05, 3.63) is 69.2 Å².